The topological polar surface area (TPSA) is 94.3 Å². The summed E-state index contributed by atoms with van der Waals surface area (Å²) in [5, 5.41) is 13.6. The van der Waals surface area contributed by atoms with Crippen molar-refractivity contribution in [1.82, 2.24) is 14.8 Å². The van der Waals surface area contributed by atoms with E-state index in [9.17, 15) is 14.7 Å². The van der Waals surface area contributed by atoms with Crippen molar-refractivity contribution in [2.24, 2.45) is 5.92 Å². The molecule has 1 atom stereocenters. The van der Waals surface area contributed by atoms with Crippen LogP contribution in [0.15, 0.2) is 35.4 Å². The zero-order chi connectivity index (χ0) is 17.8. The van der Waals surface area contributed by atoms with Gasteiger partial charge in [0, 0.05) is 12.3 Å². The molecule has 0 radical (unpaired) electrons. The molecule has 1 fully saturated rings. The first-order valence-electron chi connectivity index (χ1n) is 8.45. The van der Waals surface area contributed by atoms with Crippen LogP contribution in [0.2, 0.25) is 0 Å². The van der Waals surface area contributed by atoms with Crippen LogP contribution in [0.1, 0.15) is 43.8 Å². The Hall–Kier alpha value is -2.70. The fraction of sp³-hybridized carbons (Fsp3) is 0.444. The van der Waals surface area contributed by atoms with Crippen molar-refractivity contribution >= 4 is 5.97 Å². The molecule has 7 nitrogen and oxygen atoms in total. The highest BCUT2D eigenvalue weighted by Gasteiger charge is 2.28. The molecule has 0 saturated heterocycles. The van der Waals surface area contributed by atoms with Crippen LogP contribution in [0.3, 0.4) is 0 Å². The Kier molecular flexibility index (Phi) is 5.11. The summed E-state index contributed by atoms with van der Waals surface area (Å²) in [6.07, 6.45) is 7.73. The minimum atomic E-state index is -1.03. The van der Waals surface area contributed by atoms with Gasteiger partial charge in [0.2, 0.25) is 0 Å². The van der Waals surface area contributed by atoms with Crippen LogP contribution >= 0.6 is 0 Å². The summed E-state index contributed by atoms with van der Waals surface area (Å²) in [7, 11) is 0. The van der Waals surface area contributed by atoms with Gasteiger partial charge in [-0.2, -0.15) is 5.10 Å². The Morgan fingerprint density at radius 1 is 1.44 bits per heavy atom. The summed E-state index contributed by atoms with van der Waals surface area (Å²) >= 11 is 0. The van der Waals surface area contributed by atoms with Crippen LogP contribution in [-0.4, -0.2) is 25.8 Å². The molecule has 0 amide bonds. The molecule has 2 heterocycles. The SMILES string of the molecule is Cc1ncccc1Oc1cnn(C(CC2CCCC2)C(=O)O)c(=O)c1. The van der Waals surface area contributed by atoms with Crippen molar-refractivity contribution in [3.63, 3.8) is 0 Å². The number of ether oxygens (including phenoxy) is 1. The summed E-state index contributed by atoms with van der Waals surface area (Å²) in [5.74, 6) is 0.103. The molecule has 1 unspecified atom stereocenters. The average Bonchev–Trinajstić information content (AvgIpc) is 3.08. The number of rotatable bonds is 6. The molecule has 0 aliphatic heterocycles. The second-order valence-corrected chi connectivity index (χ2v) is 6.40. The normalized spacial score (nSPS) is 15.9. The second kappa shape index (κ2) is 7.46. The maximum Gasteiger partial charge on any atom is 0.328 e. The number of hydrogen-bond acceptors (Lipinski definition) is 5. The van der Waals surface area contributed by atoms with E-state index in [1.807, 2.05) is 0 Å². The number of hydrogen-bond donors (Lipinski definition) is 1. The van der Waals surface area contributed by atoms with Gasteiger partial charge in [-0.3, -0.25) is 9.78 Å². The van der Waals surface area contributed by atoms with Gasteiger partial charge in [0.1, 0.15) is 5.75 Å². The third-order valence-corrected chi connectivity index (χ3v) is 4.60. The fourth-order valence-corrected chi connectivity index (χ4v) is 3.26. The van der Waals surface area contributed by atoms with Crippen LogP contribution in [0, 0.1) is 12.8 Å². The van der Waals surface area contributed by atoms with Crippen molar-refractivity contribution in [2.45, 2.75) is 45.1 Å². The number of aryl methyl sites for hydroxylation is 1. The monoisotopic (exact) mass is 343 g/mol. The number of aromatic nitrogens is 3. The Morgan fingerprint density at radius 3 is 2.84 bits per heavy atom. The lowest BCUT2D eigenvalue weighted by atomic mass is 9.98. The van der Waals surface area contributed by atoms with Gasteiger partial charge in [0.25, 0.3) is 5.56 Å². The summed E-state index contributed by atoms with van der Waals surface area (Å²) in [5.41, 5.74) is 0.209. The van der Waals surface area contributed by atoms with Crippen molar-refractivity contribution in [2.75, 3.05) is 0 Å². The molecule has 0 spiro atoms. The van der Waals surface area contributed by atoms with Gasteiger partial charge < -0.3 is 9.84 Å². The lowest BCUT2D eigenvalue weighted by Gasteiger charge is -2.18. The smallest absolute Gasteiger partial charge is 0.328 e. The van der Waals surface area contributed by atoms with Crippen LogP contribution in [0.4, 0.5) is 0 Å². The standard InChI is InChI=1S/C18H21N3O4/c1-12-16(7-4-8-19-12)25-14-10-17(22)21(20-11-14)15(18(23)24)9-13-5-2-3-6-13/h4,7-8,10-11,13,15H,2-3,5-6,9H2,1H3,(H,23,24). The molecular weight excluding hydrogens is 322 g/mol. The van der Waals surface area contributed by atoms with Crippen LogP contribution in [0.25, 0.3) is 0 Å². The highest BCUT2D eigenvalue weighted by atomic mass is 16.5. The molecule has 1 saturated carbocycles. The van der Waals surface area contributed by atoms with Gasteiger partial charge >= 0.3 is 5.97 Å². The van der Waals surface area contributed by atoms with Crippen molar-refractivity contribution in [3.8, 4) is 11.5 Å². The molecule has 2 aromatic rings. The average molecular weight is 343 g/mol. The van der Waals surface area contributed by atoms with E-state index in [1.54, 1.807) is 25.3 Å². The lowest BCUT2D eigenvalue weighted by Crippen LogP contribution is -2.32. The molecule has 1 aliphatic carbocycles. The van der Waals surface area contributed by atoms with Gasteiger partial charge in [-0.05, 0) is 31.4 Å². The molecule has 2 aromatic heterocycles. The molecular formula is C18H21N3O4. The first-order valence-corrected chi connectivity index (χ1v) is 8.45. The first-order chi connectivity index (χ1) is 12.0. The number of carboxylic acid groups (broad SMARTS) is 1. The van der Waals surface area contributed by atoms with Crippen molar-refractivity contribution < 1.29 is 14.6 Å². The van der Waals surface area contributed by atoms with E-state index in [0.717, 1.165) is 30.4 Å². The third-order valence-electron chi connectivity index (χ3n) is 4.60. The summed E-state index contributed by atoms with van der Waals surface area (Å²) in [4.78, 5) is 28.1. The number of aliphatic carboxylic acids is 1. The van der Waals surface area contributed by atoms with E-state index in [2.05, 4.69) is 10.1 Å². The quantitative estimate of drug-likeness (QED) is 0.866. The molecule has 132 valence electrons. The number of nitrogens with zero attached hydrogens (tertiary/aromatic N) is 3. The maximum absolute atomic E-state index is 12.4. The molecule has 7 heteroatoms. The Bertz CT molecular complexity index is 812. The zero-order valence-electron chi connectivity index (χ0n) is 14.1. The van der Waals surface area contributed by atoms with Crippen LogP contribution in [0.5, 0.6) is 11.5 Å². The third kappa shape index (κ3) is 4.04. The summed E-state index contributed by atoms with van der Waals surface area (Å²) < 4.78 is 6.68. The van der Waals surface area contributed by atoms with E-state index in [-0.39, 0.29) is 5.75 Å². The summed E-state index contributed by atoms with van der Waals surface area (Å²) in [6.45, 7) is 1.80. The predicted octanol–water partition coefficient (Wildman–Crippen LogP) is 2.95. The van der Waals surface area contributed by atoms with Crippen LogP contribution < -0.4 is 10.3 Å². The van der Waals surface area contributed by atoms with Gasteiger partial charge in [-0.1, -0.05) is 25.7 Å². The Balaban J connectivity index is 1.81. The maximum atomic E-state index is 12.4. The minimum Gasteiger partial charge on any atom is -0.480 e. The molecule has 1 N–H and O–H groups in total. The summed E-state index contributed by atoms with van der Waals surface area (Å²) in [6, 6.07) is 3.81. The van der Waals surface area contributed by atoms with E-state index in [0.29, 0.717) is 23.8 Å². The van der Waals surface area contributed by atoms with E-state index in [4.69, 9.17) is 4.74 Å². The van der Waals surface area contributed by atoms with E-state index >= 15 is 0 Å². The van der Waals surface area contributed by atoms with E-state index in [1.165, 1.54) is 12.3 Å². The zero-order valence-corrected chi connectivity index (χ0v) is 14.1. The Labute approximate surface area is 145 Å². The molecule has 25 heavy (non-hydrogen) atoms. The van der Waals surface area contributed by atoms with Crippen molar-refractivity contribution in [1.29, 1.82) is 0 Å². The molecule has 0 aromatic carbocycles. The first kappa shape index (κ1) is 17.1. The minimum absolute atomic E-state index is 0.266. The lowest BCUT2D eigenvalue weighted by molar-refractivity contribution is -0.142. The van der Waals surface area contributed by atoms with E-state index < -0.39 is 17.6 Å². The molecule has 1 aliphatic rings. The van der Waals surface area contributed by atoms with Gasteiger partial charge in [0.15, 0.2) is 11.8 Å². The van der Waals surface area contributed by atoms with Crippen molar-refractivity contribution in [3.05, 3.63) is 46.6 Å². The van der Waals surface area contributed by atoms with Gasteiger partial charge in [-0.25, -0.2) is 9.48 Å². The Morgan fingerprint density at radius 2 is 2.20 bits per heavy atom. The largest absolute Gasteiger partial charge is 0.480 e. The fourth-order valence-electron chi connectivity index (χ4n) is 3.26. The number of carboxylic acids is 1. The molecule has 0 bridgehead atoms. The van der Waals surface area contributed by atoms with Gasteiger partial charge in [0.05, 0.1) is 11.9 Å². The second-order valence-electron chi connectivity index (χ2n) is 6.40. The number of carbonyl (C=O) groups is 1. The predicted molar refractivity (Wildman–Crippen MR) is 90.8 cm³/mol. The number of pyridine rings is 1. The molecule has 3 rings (SSSR count). The highest BCUT2D eigenvalue weighted by molar-refractivity contribution is 5.71. The highest BCUT2D eigenvalue weighted by Crippen LogP contribution is 2.31. The van der Waals surface area contributed by atoms with Crippen LogP contribution in [-0.2, 0) is 4.79 Å². The van der Waals surface area contributed by atoms with Gasteiger partial charge in [-0.15, -0.1) is 0 Å².